The molecule has 9 heteroatoms. The van der Waals surface area contributed by atoms with Crippen molar-refractivity contribution in [1.29, 1.82) is 0 Å². The van der Waals surface area contributed by atoms with Gasteiger partial charge in [0.2, 0.25) is 0 Å². The summed E-state index contributed by atoms with van der Waals surface area (Å²) in [4.78, 5) is 19.9. The van der Waals surface area contributed by atoms with E-state index in [2.05, 4.69) is 0 Å². The fraction of sp³-hybridized carbons (Fsp3) is 0.667. The van der Waals surface area contributed by atoms with Crippen molar-refractivity contribution in [2.24, 2.45) is 0 Å². The van der Waals surface area contributed by atoms with Crippen molar-refractivity contribution in [2.75, 3.05) is 0 Å². The minimum atomic E-state index is -2.50. The molecule has 8 nitrogen and oxygen atoms in total. The Kier molecular flexibility index (Phi) is 8.53. The van der Waals surface area contributed by atoms with E-state index in [1.165, 1.54) is 0 Å². The van der Waals surface area contributed by atoms with E-state index in [0.29, 0.717) is 0 Å². The Hall–Kier alpha value is 0.0397. The number of carboxylic acids is 2. The van der Waals surface area contributed by atoms with Crippen molar-refractivity contribution in [3.63, 3.8) is 0 Å². The van der Waals surface area contributed by atoms with Crippen LogP contribution in [0.1, 0.15) is 0 Å². The summed E-state index contributed by atoms with van der Waals surface area (Å²) in [5.74, 6) is -4.22. The van der Waals surface area contributed by atoms with Gasteiger partial charge in [-0.25, -0.2) is 0 Å². The molecule has 4 atom stereocenters. The largest absolute Gasteiger partial charge is 2.00 e. The third-order valence-electron chi connectivity index (χ3n) is 1.48. The number of aliphatic carboxylic acids is 2. The summed E-state index contributed by atoms with van der Waals surface area (Å²) in [5, 5.41) is 54.7. The molecule has 15 heavy (non-hydrogen) atoms. The maximum Gasteiger partial charge on any atom is 2.00 e. The van der Waals surface area contributed by atoms with Crippen LogP contribution in [0.4, 0.5) is 0 Å². The molecule has 0 aliphatic heterocycles. The van der Waals surface area contributed by atoms with Crippen LogP contribution >= 0.6 is 0 Å². The van der Waals surface area contributed by atoms with Crippen LogP contribution in [0.3, 0.4) is 0 Å². The molecular formula is C6H8CaO8. The number of rotatable bonds is 5. The van der Waals surface area contributed by atoms with Gasteiger partial charge in [-0.05, 0) is 0 Å². The second-order valence-corrected chi connectivity index (χ2v) is 2.51. The van der Waals surface area contributed by atoms with E-state index in [1.54, 1.807) is 0 Å². The van der Waals surface area contributed by atoms with E-state index in [-0.39, 0.29) is 37.7 Å². The second kappa shape index (κ2) is 7.34. The average Bonchev–Trinajstić information content (AvgIpc) is 2.12. The summed E-state index contributed by atoms with van der Waals surface area (Å²) in [6.07, 6.45) is -9.76. The molecule has 0 spiro atoms. The van der Waals surface area contributed by atoms with Crippen molar-refractivity contribution >= 4 is 49.7 Å². The zero-order valence-corrected chi connectivity index (χ0v) is 9.65. The first-order chi connectivity index (χ1) is 6.29. The van der Waals surface area contributed by atoms with Crippen LogP contribution < -0.4 is 10.2 Å². The Morgan fingerprint density at radius 3 is 1.13 bits per heavy atom. The van der Waals surface area contributed by atoms with Gasteiger partial charge in [-0.3, -0.25) is 0 Å². The summed E-state index contributed by atoms with van der Waals surface area (Å²) >= 11 is 0. The molecule has 0 aliphatic rings. The van der Waals surface area contributed by atoms with E-state index in [1.807, 2.05) is 0 Å². The van der Waals surface area contributed by atoms with Gasteiger partial charge >= 0.3 is 37.7 Å². The number of carboxylic acid groups (broad SMARTS) is 2. The zero-order valence-electron chi connectivity index (χ0n) is 7.44. The predicted octanol–water partition coefficient (Wildman–Crippen LogP) is -6.45. The molecule has 0 fully saturated rings. The van der Waals surface area contributed by atoms with Crippen molar-refractivity contribution < 1.29 is 40.2 Å². The summed E-state index contributed by atoms with van der Waals surface area (Å²) in [7, 11) is 0. The Morgan fingerprint density at radius 2 is 1.00 bits per heavy atom. The van der Waals surface area contributed by atoms with Gasteiger partial charge in [0, 0.05) is 0 Å². The summed E-state index contributed by atoms with van der Waals surface area (Å²) in [6, 6.07) is 0. The van der Waals surface area contributed by atoms with E-state index in [9.17, 15) is 19.8 Å². The molecule has 0 aliphatic carbocycles. The SMILES string of the molecule is O=C([O-])C(O)C(O)C(O)C(O)C(=O)[O-].[Ca+2]. The summed E-state index contributed by atoms with van der Waals surface area (Å²) in [5.41, 5.74) is 0. The molecule has 0 bridgehead atoms. The Bertz CT molecular complexity index is 207. The van der Waals surface area contributed by atoms with Crippen LogP contribution in [0.15, 0.2) is 0 Å². The monoisotopic (exact) mass is 248 g/mol. The van der Waals surface area contributed by atoms with E-state index >= 15 is 0 Å². The van der Waals surface area contributed by atoms with Crippen molar-refractivity contribution in [3.8, 4) is 0 Å². The van der Waals surface area contributed by atoms with Crippen LogP contribution in [-0.4, -0.2) is 94.5 Å². The molecule has 0 radical (unpaired) electrons. The zero-order chi connectivity index (χ0) is 11.5. The van der Waals surface area contributed by atoms with Gasteiger partial charge < -0.3 is 40.2 Å². The molecule has 0 aromatic carbocycles. The minimum Gasteiger partial charge on any atom is -0.547 e. The number of hydrogen-bond acceptors (Lipinski definition) is 8. The van der Waals surface area contributed by atoms with E-state index in [0.717, 1.165) is 0 Å². The summed E-state index contributed by atoms with van der Waals surface area (Å²) in [6.45, 7) is 0. The second-order valence-electron chi connectivity index (χ2n) is 2.51. The normalized spacial score (nSPS) is 18.1. The molecule has 0 aromatic heterocycles. The van der Waals surface area contributed by atoms with Gasteiger partial charge in [0.15, 0.2) is 0 Å². The molecule has 0 aromatic rings. The number of aliphatic hydroxyl groups excluding tert-OH is 4. The van der Waals surface area contributed by atoms with Crippen molar-refractivity contribution in [1.82, 2.24) is 0 Å². The molecule has 82 valence electrons. The maximum absolute atomic E-state index is 9.96. The van der Waals surface area contributed by atoms with Gasteiger partial charge in [0.05, 0.1) is 11.9 Å². The van der Waals surface area contributed by atoms with Crippen LogP contribution in [0.5, 0.6) is 0 Å². The van der Waals surface area contributed by atoms with Crippen LogP contribution in [0, 0.1) is 0 Å². The van der Waals surface area contributed by atoms with Crippen LogP contribution in [0.2, 0.25) is 0 Å². The van der Waals surface area contributed by atoms with Crippen LogP contribution in [0.25, 0.3) is 0 Å². The molecule has 0 saturated carbocycles. The average molecular weight is 248 g/mol. The molecule has 0 heterocycles. The number of carbonyl (C=O) groups is 2. The Morgan fingerprint density at radius 1 is 0.800 bits per heavy atom. The topological polar surface area (TPSA) is 161 Å². The van der Waals surface area contributed by atoms with Gasteiger partial charge in [0.25, 0.3) is 0 Å². The van der Waals surface area contributed by atoms with Crippen LogP contribution in [-0.2, 0) is 9.59 Å². The fourth-order valence-corrected chi connectivity index (χ4v) is 0.652. The predicted molar refractivity (Wildman–Crippen MR) is 39.8 cm³/mol. The smallest absolute Gasteiger partial charge is 0.547 e. The van der Waals surface area contributed by atoms with Crippen molar-refractivity contribution in [2.45, 2.75) is 24.4 Å². The van der Waals surface area contributed by atoms with E-state index in [4.69, 9.17) is 20.4 Å². The Labute approximate surface area is 114 Å². The van der Waals surface area contributed by atoms with Gasteiger partial charge in [-0.1, -0.05) is 0 Å². The summed E-state index contributed by atoms with van der Waals surface area (Å²) < 4.78 is 0. The minimum absolute atomic E-state index is 0. The number of hydrogen-bond donors (Lipinski definition) is 4. The molecule has 0 rings (SSSR count). The molecular weight excluding hydrogens is 240 g/mol. The number of aliphatic hydroxyl groups is 4. The first-order valence-electron chi connectivity index (χ1n) is 3.43. The molecule has 0 saturated heterocycles. The third-order valence-corrected chi connectivity index (χ3v) is 1.48. The first-order valence-corrected chi connectivity index (χ1v) is 3.43. The standard InChI is InChI=1S/C6H10O8.Ca/c7-1(3(9)5(11)12)2(8)4(10)6(13)14;/h1-4,7-10H,(H,11,12)(H,13,14);/q;+2/p-2. The molecule has 0 amide bonds. The number of carbonyl (C=O) groups excluding carboxylic acids is 2. The first kappa shape index (κ1) is 17.4. The van der Waals surface area contributed by atoms with Gasteiger partial charge in [0.1, 0.15) is 24.4 Å². The maximum atomic E-state index is 9.96. The third kappa shape index (κ3) is 5.07. The van der Waals surface area contributed by atoms with Crippen molar-refractivity contribution in [3.05, 3.63) is 0 Å². The fourth-order valence-electron chi connectivity index (χ4n) is 0.652. The molecule has 4 unspecified atom stereocenters. The van der Waals surface area contributed by atoms with Gasteiger partial charge in [-0.2, -0.15) is 0 Å². The van der Waals surface area contributed by atoms with Gasteiger partial charge in [-0.15, -0.1) is 0 Å². The quantitative estimate of drug-likeness (QED) is 0.349. The Balaban J connectivity index is 0. The molecule has 4 N–H and O–H groups in total. The van der Waals surface area contributed by atoms with E-state index < -0.39 is 36.4 Å².